The third-order valence-corrected chi connectivity index (χ3v) is 4.85. The Kier molecular flexibility index (Phi) is 27.1. The number of hydrogen-bond donors (Lipinski definition) is 0. The first-order chi connectivity index (χ1) is 14.8. The first kappa shape index (κ1) is 36.8. The topological polar surface area (TPSA) is 0 Å². The molecule has 0 heterocycles. The van der Waals surface area contributed by atoms with Crippen LogP contribution in [0.2, 0.25) is 6.55 Å². The van der Waals surface area contributed by atoms with Crippen LogP contribution < -0.4 is 24.8 Å². The maximum absolute atomic E-state index is 2.99. The molecule has 0 N–H and O–H groups in total. The van der Waals surface area contributed by atoms with E-state index in [0.29, 0.717) is 0 Å². The van der Waals surface area contributed by atoms with Crippen molar-refractivity contribution in [2.45, 2.75) is 65.8 Å². The maximum Gasteiger partial charge on any atom is 4.00 e. The zero-order chi connectivity index (χ0) is 22.0. The first-order valence-electron chi connectivity index (χ1n) is 11.3. The number of hydrogen-bond acceptors (Lipinski definition) is 0. The number of fused-ring (bicyclic) bond motifs is 1. The summed E-state index contributed by atoms with van der Waals surface area (Å²) in [6.45, 7) is 8.47. The van der Waals surface area contributed by atoms with E-state index in [1.807, 2.05) is 12.2 Å². The van der Waals surface area contributed by atoms with Gasteiger partial charge in [0, 0.05) is 10.2 Å². The third-order valence-electron chi connectivity index (χ3n) is 4.85. The molecule has 3 radical (unpaired) electrons. The van der Waals surface area contributed by atoms with Crippen LogP contribution in [0.15, 0.2) is 78.9 Å². The van der Waals surface area contributed by atoms with E-state index in [-0.39, 0.29) is 51.0 Å². The molecule has 3 aromatic carbocycles. The predicted molar refractivity (Wildman–Crippen MR) is 137 cm³/mol. The zero-order valence-corrected chi connectivity index (χ0v) is 25.5. The van der Waals surface area contributed by atoms with Crippen LogP contribution in [0.4, 0.5) is 0 Å². The van der Waals surface area contributed by atoms with Crippen LogP contribution in [0.1, 0.15) is 58.4 Å². The molecule has 0 nitrogen and oxygen atoms in total. The molecule has 0 spiro atoms. The maximum atomic E-state index is 2.99. The summed E-state index contributed by atoms with van der Waals surface area (Å²) in [5.74, 6) is 0. The fraction of sp³-hybridized carbons (Fsp3) is 0.345. The van der Waals surface area contributed by atoms with Crippen molar-refractivity contribution in [3.05, 3.63) is 90.5 Å². The second-order valence-electron chi connectivity index (χ2n) is 7.10. The van der Waals surface area contributed by atoms with Crippen molar-refractivity contribution in [1.29, 1.82) is 0 Å². The van der Waals surface area contributed by atoms with Gasteiger partial charge in [0.05, 0.1) is 0 Å². The molecule has 4 heteroatoms. The molecule has 0 unspecified atom stereocenters. The van der Waals surface area contributed by atoms with Crippen molar-refractivity contribution >= 4 is 21.0 Å². The molecule has 0 amide bonds. The summed E-state index contributed by atoms with van der Waals surface area (Å²) in [4.78, 5) is 0. The Balaban J connectivity index is -0.000000475. The number of unbranched alkanes of at least 4 members (excludes halogenated alkanes) is 3. The quantitative estimate of drug-likeness (QED) is 0.250. The number of rotatable bonds is 5. The second kappa shape index (κ2) is 24.3. The molecule has 0 aromatic heterocycles. The van der Waals surface area contributed by atoms with Gasteiger partial charge in [-0.25, -0.2) is 12.2 Å². The van der Waals surface area contributed by atoms with E-state index < -0.39 is 0 Å². The standard InChI is InChI=1S/C17H15.C6H14.C5H5.CH3Si.2ClH.Zr/c1-2-13-11-15-9-6-10-16(17(15)12-13)14-7-4-3-5-8-14;1-3-5-6-4-2;1-2-4-5-3-1;1-2;;;/h3-12H,2H2,1H3;3-6H2,1-2H3;1-3H,4H2;1H3;2*1H;/q-1;;-1;;;;+4/p-2. The predicted octanol–water partition coefficient (Wildman–Crippen LogP) is 2.89. The van der Waals surface area contributed by atoms with E-state index in [0.717, 1.165) is 12.8 Å². The van der Waals surface area contributed by atoms with E-state index in [1.165, 1.54) is 53.1 Å². The largest absolute Gasteiger partial charge is 4.00 e. The molecule has 175 valence electrons. The molecule has 3 aromatic rings. The van der Waals surface area contributed by atoms with Crippen molar-refractivity contribution in [3.8, 4) is 11.1 Å². The van der Waals surface area contributed by atoms with Crippen LogP contribution in [0, 0.1) is 6.08 Å². The van der Waals surface area contributed by atoms with Gasteiger partial charge in [-0.3, -0.25) is 6.08 Å². The monoisotopic (exact) mass is 573 g/mol. The average Bonchev–Trinajstić information content (AvgIpc) is 3.53. The van der Waals surface area contributed by atoms with Gasteiger partial charge in [0.1, 0.15) is 0 Å². The molecular weight excluding hydrogens is 539 g/mol. The summed E-state index contributed by atoms with van der Waals surface area (Å²) in [5.41, 5.74) is 4.05. The van der Waals surface area contributed by atoms with Crippen LogP contribution in [-0.2, 0) is 32.6 Å². The van der Waals surface area contributed by atoms with Crippen LogP contribution in [0.3, 0.4) is 0 Å². The van der Waals surface area contributed by atoms with Crippen molar-refractivity contribution in [3.63, 3.8) is 0 Å². The molecular formula is C29H37Cl2SiZr. The third kappa shape index (κ3) is 14.3. The van der Waals surface area contributed by atoms with Gasteiger partial charge < -0.3 is 24.8 Å². The van der Waals surface area contributed by atoms with E-state index in [4.69, 9.17) is 0 Å². The average molecular weight is 576 g/mol. The van der Waals surface area contributed by atoms with Crippen molar-refractivity contribution in [1.82, 2.24) is 0 Å². The number of halogens is 2. The number of allylic oxidation sites excluding steroid dienone is 4. The van der Waals surface area contributed by atoms with E-state index >= 15 is 0 Å². The van der Waals surface area contributed by atoms with Gasteiger partial charge in [-0.05, 0) is 12.0 Å². The number of benzene rings is 2. The molecule has 0 atom stereocenters. The van der Waals surface area contributed by atoms with E-state index in [1.54, 1.807) is 6.55 Å². The molecule has 1 aliphatic carbocycles. The molecule has 0 saturated carbocycles. The minimum Gasteiger partial charge on any atom is -1.00 e. The summed E-state index contributed by atoms with van der Waals surface area (Å²) in [5, 5.41) is 2.72. The van der Waals surface area contributed by atoms with Gasteiger partial charge in [0.15, 0.2) is 0 Å². The molecule has 0 saturated heterocycles. The van der Waals surface area contributed by atoms with E-state index in [2.05, 4.69) is 104 Å². The SMILES string of the molecule is CCCCCC.CCc1cc2c(-c3ccccc3)cccc2[cH-]1.C[Si].[C-]1=CC=CC1.[Cl-].[Cl-].[Zr+4]. The van der Waals surface area contributed by atoms with Gasteiger partial charge >= 0.3 is 26.2 Å². The minimum absolute atomic E-state index is 0. The van der Waals surface area contributed by atoms with Crippen LogP contribution in [0.5, 0.6) is 0 Å². The summed E-state index contributed by atoms with van der Waals surface area (Å²) in [6, 6.07) is 21.8. The summed E-state index contributed by atoms with van der Waals surface area (Å²) < 4.78 is 0. The Morgan fingerprint density at radius 3 is 1.97 bits per heavy atom. The fourth-order valence-corrected chi connectivity index (χ4v) is 3.21. The Morgan fingerprint density at radius 1 is 0.879 bits per heavy atom. The van der Waals surface area contributed by atoms with Crippen molar-refractivity contribution in [2.75, 3.05) is 0 Å². The number of aryl methyl sites for hydroxylation is 1. The van der Waals surface area contributed by atoms with E-state index in [9.17, 15) is 0 Å². The molecule has 4 rings (SSSR count). The summed E-state index contributed by atoms with van der Waals surface area (Å²) >= 11 is 0. The van der Waals surface area contributed by atoms with Gasteiger partial charge in [-0.15, -0.1) is 41.0 Å². The molecule has 33 heavy (non-hydrogen) atoms. The van der Waals surface area contributed by atoms with Crippen LogP contribution >= 0.6 is 0 Å². The van der Waals surface area contributed by atoms with Crippen LogP contribution in [0.25, 0.3) is 21.9 Å². The normalized spacial score (nSPS) is 10.1. The van der Waals surface area contributed by atoms with Crippen molar-refractivity contribution in [2.24, 2.45) is 0 Å². The molecule has 1 aliphatic rings. The van der Waals surface area contributed by atoms with Crippen LogP contribution in [-0.4, -0.2) is 10.2 Å². The smallest absolute Gasteiger partial charge is 1.00 e. The van der Waals surface area contributed by atoms with Gasteiger partial charge in [-0.2, -0.15) is 12.1 Å². The van der Waals surface area contributed by atoms with Crippen molar-refractivity contribution < 1.29 is 51.0 Å². The fourth-order valence-electron chi connectivity index (χ4n) is 3.21. The second-order valence-corrected chi connectivity index (χ2v) is 7.10. The molecule has 0 aliphatic heterocycles. The zero-order valence-electron chi connectivity index (χ0n) is 20.5. The molecule has 0 fully saturated rings. The van der Waals surface area contributed by atoms with Gasteiger partial charge in [0.25, 0.3) is 0 Å². The molecule has 0 bridgehead atoms. The van der Waals surface area contributed by atoms with Gasteiger partial charge in [-0.1, -0.05) is 95.0 Å². The Morgan fingerprint density at radius 2 is 1.52 bits per heavy atom. The Labute approximate surface area is 238 Å². The summed E-state index contributed by atoms with van der Waals surface area (Å²) in [7, 11) is 2.97. The van der Waals surface area contributed by atoms with Gasteiger partial charge in [0.2, 0.25) is 0 Å². The summed E-state index contributed by atoms with van der Waals surface area (Å²) in [6.07, 6.45) is 16.6. The Hall–Kier alpha value is -0.790. The minimum atomic E-state index is 0. The first-order valence-corrected chi connectivity index (χ1v) is 12.3. The Bertz CT molecular complexity index is 856.